The molecule has 2 unspecified atom stereocenters. The highest BCUT2D eigenvalue weighted by Gasteiger charge is 2.33. The van der Waals surface area contributed by atoms with E-state index in [1.54, 1.807) is 4.68 Å². The first-order chi connectivity index (χ1) is 21.9. The van der Waals surface area contributed by atoms with Crippen LogP contribution in [-0.2, 0) is 45.2 Å². The topological polar surface area (TPSA) is 117 Å². The molecule has 46 heavy (non-hydrogen) atoms. The zero-order valence-electron chi connectivity index (χ0n) is 25.7. The third kappa shape index (κ3) is 8.66. The minimum atomic E-state index is -4.45. The second-order valence-electron chi connectivity index (χ2n) is 12.1. The summed E-state index contributed by atoms with van der Waals surface area (Å²) in [6.45, 7) is 3.12. The average molecular weight is 664 g/mol. The number of fused-ring (bicyclic) bond motifs is 1. The number of aromatic nitrogens is 2. The van der Waals surface area contributed by atoms with E-state index in [-0.39, 0.29) is 25.6 Å². The van der Waals surface area contributed by atoms with Gasteiger partial charge in [0.25, 0.3) is 5.91 Å². The van der Waals surface area contributed by atoms with E-state index in [0.29, 0.717) is 48.2 Å². The molecule has 3 aliphatic heterocycles. The van der Waals surface area contributed by atoms with E-state index in [9.17, 15) is 31.5 Å². The lowest BCUT2D eigenvalue weighted by Crippen LogP contribution is -2.41. The molecule has 1 aromatic carbocycles. The van der Waals surface area contributed by atoms with Crippen LogP contribution in [0.25, 0.3) is 11.3 Å². The first kappa shape index (κ1) is 33.9. The molecule has 14 heteroatoms. The van der Waals surface area contributed by atoms with Gasteiger partial charge in [-0.15, -0.1) is 0 Å². The van der Waals surface area contributed by atoms with Crippen LogP contribution in [0, 0.1) is 11.8 Å². The van der Waals surface area contributed by atoms with E-state index >= 15 is 0 Å². The van der Waals surface area contributed by atoms with Gasteiger partial charge in [-0.05, 0) is 56.3 Å². The molecule has 4 heterocycles. The zero-order chi connectivity index (χ0) is 32.9. The summed E-state index contributed by atoms with van der Waals surface area (Å²) in [6, 6.07) is 4.76. The van der Waals surface area contributed by atoms with Gasteiger partial charge in [0.1, 0.15) is 0 Å². The second kappa shape index (κ2) is 14.5. The summed E-state index contributed by atoms with van der Waals surface area (Å²) in [6.07, 6.45) is 11.4. The van der Waals surface area contributed by atoms with Crippen LogP contribution in [0.3, 0.4) is 0 Å². The number of β-amino-alcohol motifs (C(OH)–C–C–N with tert-alkyl or cyclic N) is 1. The molecule has 1 aliphatic carbocycles. The van der Waals surface area contributed by atoms with Gasteiger partial charge in [-0.25, -0.2) is 8.42 Å². The standard InChI is InChI=1S/C28H35F3N4O3S.C4H5NO2/c1-39(37,38)34-16-13-26-25(19-34)27(22-7-9-23(10-8-22)28(29,30)31)32-35(26)18-24(36)17-33-14-11-21(12-15-33)20-5-3-2-4-6-20;6-4-3-7-2-1-5-4/h2-5,7-10,20-21,24,36H,6,11-19H2,1H3;1-2H,3H2,(H,5,6). The molecule has 0 spiro atoms. The number of nitrogens with zero attached hydrogens (tertiary/aromatic N) is 4. The van der Waals surface area contributed by atoms with Crippen LogP contribution in [0.15, 0.2) is 61.0 Å². The molecule has 2 aromatic rings. The molecule has 2 N–H and O–H groups in total. The van der Waals surface area contributed by atoms with E-state index in [1.807, 2.05) is 0 Å². The van der Waals surface area contributed by atoms with Crippen molar-refractivity contribution in [1.82, 2.24) is 24.3 Å². The van der Waals surface area contributed by atoms with Crippen LogP contribution in [0.4, 0.5) is 13.2 Å². The Morgan fingerprint density at radius 3 is 2.41 bits per heavy atom. The van der Waals surface area contributed by atoms with Crippen molar-refractivity contribution in [2.45, 2.75) is 51.1 Å². The number of hydrogen-bond donors (Lipinski definition) is 2. The van der Waals surface area contributed by atoms with E-state index in [0.717, 1.165) is 56.4 Å². The van der Waals surface area contributed by atoms with Gasteiger partial charge in [-0.2, -0.15) is 22.6 Å². The number of hydrogen-bond acceptors (Lipinski definition) is 7. The van der Waals surface area contributed by atoms with Crippen LogP contribution in [0.1, 0.15) is 36.1 Å². The van der Waals surface area contributed by atoms with Gasteiger partial charge in [-0.3, -0.25) is 9.48 Å². The lowest BCUT2D eigenvalue weighted by Gasteiger charge is -2.36. The molecule has 0 saturated carbocycles. The highest BCUT2D eigenvalue weighted by Crippen LogP contribution is 2.35. The van der Waals surface area contributed by atoms with Crippen LogP contribution in [0.5, 0.6) is 0 Å². The maximum atomic E-state index is 13.1. The van der Waals surface area contributed by atoms with Gasteiger partial charge in [0.05, 0.1) is 36.4 Å². The molecular formula is C32H40F3N5O5S. The lowest BCUT2D eigenvalue weighted by atomic mass is 9.81. The van der Waals surface area contributed by atoms with Crippen LogP contribution in [-0.4, -0.2) is 83.6 Å². The van der Waals surface area contributed by atoms with Crippen LogP contribution >= 0.6 is 0 Å². The van der Waals surface area contributed by atoms with Crippen molar-refractivity contribution in [1.29, 1.82) is 0 Å². The number of likely N-dealkylation sites (tertiary alicyclic amines) is 1. The number of carbonyl (C=O) groups is 1. The molecule has 10 nitrogen and oxygen atoms in total. The van der Waals surface area contributed by atoms with Gasteiger partial charge in [-0.1, -0.05) is 36.4 Å². The molecule has 6 rings (SSSR count). The summed E-state index contributed by atoms with van der Waals surface area (Å²) in [5.41, 5.74) is 1.67. The number of piperidine rings is 1. The van der Waals surface area contributed by atoms with Gasteiger partial charge in [0.15, 0.2) is 6.61 Å². The number of ether oxygens (including phenoxy) is 1. The Morgan fingerprint density at radius 1 is 1.11 bits per heavy atom. The van der Waals surface area contributed by atoms with Gasteiger partial charge in [0, 0.05) is 49.1 Å². The largest absolute Gasteiger partial charge is 0.490 e. The summed E-state index contributed by atoms with van der Waals surface area (Å²) in [7, 11) is -3.46. The van der Waals surface area contributed by atoms with Crippen molar-refractivity contribution < 1.29 is 36.2 Å². The molecule has 4 aliphatic rings. The van der Waals surface area contributed by atoms with Crippen LogP contribution in [0.2, 0.25) is 0 Å². The Kier molecular flexibility index (Phi) is 10.7. The summed E-state index contributed by atoms with van der Waals surface area (Å²) in [5, 5.41) is 18.1. The number of allylic oxidation sites excluding steroid dienone is 4. The Morgan fingerprint density at radius 2 is 1.85 bits per heavy atom. The molecule has 0 radical (unpaired) electrons. The predicted octanol–water partition coefficient (Wildman–Crippen LogP) is 3.70. The molecule has 1 amide bonds. The summed E-state index contributed by atoms with van der Waals surface area (Å²) >= 11 is 0. The maximum absolute atomic E-state index is 13.1. The molecule has 250 valence electrons. The number of rotatable bonds is 7. The summed E-state index contributed by atoms with van der Waals surface area (Å²) in [4.78, 5) is 12.5. The average Bonchev–Trinajstić information content (AvgIpc) is 3.39. The van der Waals surface area contributed by atoms with Crippen molar-refractivity contribution in [2.24, 2.45) is 11.8 Å². The third-order valence-corrected chi connectivity index (χ3v) is 10.0. The maximum Gasteiger partial charge on any atom is 0.416 e. The SMILES string of the molecule is CS(=O)(=O)N1CCc2c(c(-c3ccc(C(F)(F)F)cc3)nn2CC(O)CN2CCC(C3C=CC=CC3)CC2)C1.O=C1COC=CN1. The fraction of sp³-hybridized carbons (Fsp3) is 0.500. The Balaban J connectivity index is 0.000000527. The highest BCUT2D eigenvalue weighted by atomic mass is 32.2. The number of nitrogens with one attached hydrogen (secondary N) is 1. The molecule has 1 fully saturated rings. The van der Waals surface area contributed by atoms with Gasteiger partial charge in [0.2, 0.25) is 10.0 Å². The fourth-order valence-electron chi connectivity index (χ4n) is 6.36. The first-order valence-electron chi connectivity index (χ1n) is 15.4. The smallest absolute Gasteiger partial charge is 0.416 e. The Hall–Kier alpha value is -3.46. The molecule has 1 aromatic heterocycles. The van der Waals surface area contributed by atoms with Crippen molar-refractivity contribution in [2.75, 3.05) is 39.0 Å². The van der Waals surface area contributed by atoms with E-state index in [4.69, 9.17) is 5.10 Å². The fourth-order valence-corrected chi connectivity index (χ4v) is 7.14. The first-order valence-corrected chi connectivity index (χ1v) is 17.2. The highest BCUT2D eigenvalue weighted by molar-refractivity contribution is 7.88. The van der Waals surface area contributed by atoms with Crippen molar-refractivity contribution in [3.05, 3.63) is 77.9 Å². The molecule has 1 saturated heterocycles. The molecule has 2 atom stereocenters. The number of benzene rings is 1. The Bertz CT molecular complexity index is 1560. The summed E-state index contributed by atoms with van der Waals surface area (Å²) in [5.74, 6) is 1.15. The summed E-state index contributed by atoms with van der Waals surface area (Å²) < 4.78 is 71.5. The minimum Gasteiger partial charge on any atom is -0.490 e. The number of sulfonamides is 1. The van der Waals surface area contributed by atoms with Gasteiger partial charge < -0.3 is 20.1 Å². The lowest BCUT2D eigenvalue weighted by molar-refractivity contribution is -0.137. The number of aliphatic hydroxyl groups is 1. The minimum absolute atomic E-state index is 0.0949. The third-order valence-electron chi connectivity index (χ3n) is 8.78. The van der Waals surface area contributed by atoms with Crippen molar-refractivity contribution in [3.63, 3.8) is 0 Å². The van der Waals surface area contributed by atoms with Crippen LogP contribution < -0.4 is 5.32 Å². The van der Waals surface area contributed by atoms with Gasteiger partial charge >= 0.3 is 6.18 Å². The van der Waals surface area contributed by atoms with E-state index < -0.39 is 27.9 Å². The second-order valence-corrected chi connectivity index (χ2v) is 14.0. The van der Waals surface area contributed by atoms with E-state index in [1.165, 1.54) is 28.9 Å². The van der Waals surface area contributed by atoms with Crippen molar-refractivity contribution in [3.8, 4) is 11.3 Å². The quantitative estimate of drug-likeness (QED) is 0.464. The zero-order valence-corrected chi connectivity index (χ0v) is 26.5. The predicted molar refractivity (Wildman–Crippen MR) is 166 cm³/mol. The normalized spacial score (nSPS) is 21.6. The van der Waals surface area contributed by atoms with Crippen molar-refractivity contribution >= 4 is 15.9 Å². The number of aliphatic hydroxyl groups excluding tert-OH is 1. The number of amides is 1. The molecule has 0 bridgehead atoms. The van der Waals surface area contributed by atoms with E-state index in [2.05, 4.69) is 39.3 Å². The number of halogens is 3. The Labute approximate surface area is 267 Å². The number of carbonyl (C=O) groups excluding carboxylic acids is 1. The molecular weight excluding hydrogens is 623 g/mol. The monoisotopic (exact) mass is 663 g/mol. The number of alkyl halides is 3.